The lowest BCUT2D eigenvalue weighted by atomic mass is 10.1. The van der Waals surface area contributed by atoms with Crippen molar-refractivity contribution in [3.8, 4) is 0 Å². The lowest BCUT2D eigenvalue weighted by Gasteiger charge is -2.14. The molecule has 0 saturated carbocycles. The Kier molecular flexibility index (Phi) is 3.06. The number of aryl methyl sites for hydroxylation is 1. The van der Waals surface area contributed by atoms with Crippen molar-refractivity contribution in [2.24, 2.45) is 5.73 Å². The quantitative estimate of drug-likeness (QED) is 0.544. The van der Waals surface area contributed by atoms with Crippen molar-refractivity contribution in [2.75, 3.05) is 0 Å². The Labute approximate surface area is 78.3 Å². The number of nitrogens with zero attached hydrogens (tertiary/aromatic N) is 2. The normalized spacial score (nSPS) is 12.8. The van der Waals surface area contributed by atoms with Crippen molar-refractivity contribution < 1.29 is 0 Å². The third kappa shape index (κ3) is 2.57. The molecule has 4 heteroatoms. The molecule has 72 valence electrons. The second-order valence-electron chi connectivity index (χ2n) is 3.29. The first-order chi connectivity index (χ1) is 6.13. The molecule has 0 spiro atoms. The summed E-state index contributed by atoms with van der Waals surface area (Å²) in [5.41, 5.74) is 6.50. The third-order valence-electron chi connectivity index (χ3n) is 2.03. The van der Waals surface area contributed by atoms with E-state index in [9.17, 15) is 0 Å². The van der Waals surface area contributed by atoms with E-state index in [0.717, 1.165) is 12.0 Å². The molecule has 0 bridgehead atoms. The van der Waals surface area contributed by atoms with Crippen LogP contribution in [0.25, 0.3) is 0 Å². The highest BCUT2D eigenvalue weighted by Crippen LogP contribution is 2.14. The molecule has 1 aromatic heterocycles. The molecule has 0 aromatic carbocycles. The van der Waals surface area contributed by atoms with E-state index in [-0.39, 0.29) is 11.9 Å². The summed E-state index contributed by atoms with van der Waals surface area (Å²) in [4.78, 5) is 0. The first-order valence-corrected chi connectivity index (χ1v) is 4.47. The maximum absolute atomic E-state index is 7.22. The largest absolute Gasteiger partial charge is 0.388 e. The van der Waals surface area contributed by atoms with Crippen molar-refractivity contribution in [1.82, 2.24) is 9.78 Å². The number of nitrogens with two attached hydrogens (primary N) is 1. The highest BCUT2D eigenvalue weighted by molar-refractivity contribution is 5.77. The maximum atomic E-state index is 7.22. The minimum atomic E-state index is 0.222. The lowest BCUT2D eigenvalue weighted by Crippen LogP contribution is -2.18. The summed E-state index contributed by atoms with van der Waals surface area (Å²) in [6.07, 6.45) is 5.33. The van der Waals surface area contributed by atoms with Gasteiger partial charge in [-0.15, -0.1) is 0 Å². The molecule has 0 saturated heterocycles. The zero-order valence-electron chi connectivity index (χ0n) is 8.12. The molecule has 1 rings (SSSR count). The molecule has 4 nitrogen and oxygen atoms in total. The van der Waals surface area contributed by atoms with E-state index in [1.807, 2.05) is 24.0 Å². The molecule has 1 atom stereocenters. The summed E-state index contributed by atoms with van der Waals surface area (Å²) in [6.45, 7) is 4.08. The fourth-order valence-electron chi connectivity index (χ4n) is 1.31. The Morgan fingerprint density at radius 3 is 2.85 bits per heavy atom. The van der Waals surface area contributed by atoms with Crippen molar-refractivity contribution in [3.05, 3.63) is 18.0 Å². The van der Waals surface area contributed by atoms with E-state index in [2.05, 4.69) is 12.0 Å². The Hall–Kier alpha value is -1.32. The van der Waals surface area contributed by atoms with Gasteiger partial charge in [-0.2, -0.15) is 5.10 Å². The SMILES string of the molecule is CCC(CC(=N)N)n1cc(C)cn1. The van der Waals surface area contributed by atoms with Crippen molar-refractivity contribution in [1.29, 1.82) is 5.41 Å². The minimum Gasteiger partial charge on any atom is -0.388 e. The van der Waals surface area contributed by atoms with Gasteiger partial charge in [-0.3, -0.25) is 10.1 Å². The maximum Gasteiger partial charge on any atom is 0.0926 e. The zero-order chi connectivity index (χ0) is 9.84. The number of nitrogens with one attached hydrogen (secondary N) is 1. The first kappa shape index (κ1) is 9.77. The molecule has 0 radical (unpaired) electrons. The first-order valence-electron chi connectivity index (χ1n) is 4.47. The van der Waals surface area contributed by atoms with Crippen LogP contribution in [0.3, 0.4) is 0 Å². The molecule has 13 heavy (non-hydrogen) atoms. The summed E-state index contributed by atoms with van der Waals surface area (Å²) in [5, 5.41) is 11.4. The molecular weight excluding hydrogens is 164 g/mol. The van der Waals surface area contributed by atoms with E-state index in [4.69, 9.17) is 11.1 Å². The van der Waals surface area contributed by atoms with Gasteiger partial charge in [0.15, 0.2) is 0 Å². The summed E-state index contributed by atoms with van der Waals surface area (Å²) in [6, 6.07) is 0.228. The number of amidine groups is 1. The summed E-state index contributed by atoms with van der Waals surface area (Å²) in [5.74, 6) is 0.222. The predicted molar refractivity (Wildman–Crippen MR) is 52.8 cm³/mol. The van der Waals surface area contributed by atoms with Gasteiger partial charge in [0.2, 0.25) is 0 Å². The van der Waals surface area contributed by atoms with Crippen LogP contribution < -0.4 is 5.73 Å². The molecule has 1 unspecified atom stereocenters. The van der Waals surface area contributed by atoms with Crippen LogP contribution in [-0.2, 0) is 0 Å². The van der Waals surface area contributed by atoms with Gasteiger partial charge in [0, 0.05) is 12.6 Å². The molecule has 0 aliphatic carbocycles. The van der Waals surface area contributed by atoms with Gasteiger partial charge in [0.1, 0.15) is 0 Å². The van der Waals surface area contributed by atoms with E-state index in [1.165, 1.54) is 0 Å². The fraction of sp³-hybridized carbons (Fsp3) is 0.556. The highest BCUT2D eigenvalue weighted by Gasteiger charge is 2.10. The molecule has 0 aliphatic heterocycles. The monoisotopic (exact) mass is 180 g/mol. The van der Waals surface area contributed by atoms with Gasteiger partial charge < -0.3 is 5.73 Å². The van der Waals surface area contributed by atoms with E-state index < -0.39 is 0 Å². The van der Waals surface area contributed by atoms with Gasteiger partial charge in [-0.25, -0.2) is 0 Å². The summed E-state index contributed by atoms with van der Waals surface area (Å²) < 4.78 is 1.89. The minimum absolute atomic E-state index is 0.222. The number of hydrogen-bond donors (Lipinski definition) is 2. The van der Waals surface area contributed by atoms with E-state index in [0.29, 0.717) is 6.42 Å². The molecule has 0 amide bonds. The molecule has 1 heterocycles. The van der Waals surface area contributed by atoms with Crippen molar-refractivity contribution in [3.63, 3.8) is 0 Å². The predicted octanol–water partition coefficient (Wildman–Crippen LogP) is 1.47. The zero-order valence-corrected chi connectivity index (χ0v) is 8.12. The van der Waals surface area contributed by atoms with E-state index in [1.54, 1.807) is 0 Å². The van der Waals surface area contributed by atoms with Gasteiger partial charge in [0.25, 0.3) is 0 Å². The Morgan fingerprint density at radius 2 is 2.46 bits per heavy atom. The smallest absolute Gasteiger partial charge is 0.0926 e. The highest BCUT2D eigenvalue weighted by atomic mass is 15.3. The lowest BCUT2D eigenvalue weighted by molar-refractivity contribution is 0.452. The molecule has 0 fully saturated rings. The number of aromatic nitrogens is 2. The standard InChI is InChI=1S/C9H16N4/c1-3-8(4-9(10)11)13-6-7(2)5-12-13/h5-6,8H,3-4H2,1-2H3,(H3,10,11). The second-order valence-corrected chi connectivity index (χ2v) is 3.29. The van der Waals surface area contributed by atoms with Gasteiger partial charge in [-0.1, -0.05) is 6.92 Å². The van der Waals surface area contributed by atoms with Crippen LogP contribution in [0.5, 0.6) is 0 Å². The second kappa shape index (κ2) is 4.07. The van der Waals surface area contributed by atoms with Crippen LogP contribution in [0.4, 0.5) is 0 Å². The molecule has 1 aromatic rings. The topological polar surface area (TPSA) is 67.7 Å². The summed E-state index contributed by atoms with van der Waals surface area (Å²) in [7, 11) is 0. The molecule has 3 N–H and O–H groups in total. The Balaban J connectivity index is 2.72. The summed E-state index contributed by atoms with van der Waals surface area (Å²) >= 11 is 0. The van der Waals surface area contributed by atoms with Crippen molar-refractivity contribution >= 4 is 5.84 Å². The molecular formula is C9H16N4. The van der Waals surface area contributed by atoms with Crippen LogP contribution >= 0.6 is 0 Å². The van der Waals surface area contributed by atoms with Crippen molar-refractivity contribution in [2.45, 2.75) is 32.7 Å². The van der Waals surface area contributed by atoms with E-state index >= 15 is 0 Å². The third-order valence-corrected chi connectivity index (χ3v) is 2.03. The van der Waals surface area contributed by atoms with Gasteiger partial charge >= 0.3 is 0 Å². The number of hydrogen-bond acceptors (Lipinski definition) is 2. The van der Waals surface area contributed by atoms with Crippen LogP contribution in [0.2, 0.25) is 0 Å². The molecule has 0 aliphatic rings. The van der Waals surface area contributed by atoms with Crippen LogP contribution in [-0.4, -0.2) is 15.6 Å². The fourth-order valence-corrected chi connectivity index (χ4v) is 1.31. The average molecular weight is 180 g/mol. The van der Waals surface area contributed by atoms with Gasteiger partial charge in [0.05, 0.1) is 18.1 Å². The van der Waals surface area contributed by atoms with Crippen LogP contribution in [0, 0.1) is 12.3 Å². The Bertz CT molecular complexity index is 290. The number of rotatable bonds is 4. The average Bonchev–Trinajstić information content (AvgIpc) is 2.47. The van der Waals surface area contributed by atoms with Crippen LogP contribution in [0.15, 0.2) is 12.4 Å². The van der Waals surface area contributed by atoms with Crippen LogP contribution in [0.1, 0.15) is 31.4 Å². The Morgan fingerprint density at radius 1 is 1.77 bits per heavy atom. The van der Waals surface area contributed by atoms with Gasteiger partial charge in [-0.05, 0) is 18.9 Å².